The molecule has 0 fully saturated rings. The summed E-state index contributed by atoms with van der Waals surface area (Å²) in [5.74, 6) is -0.837. The molecule has 0 radical (unpaired) electrons. The first kappa shape index (κ1) is 18.4. The molecule has 9 heteroatoms. The second-order valence-corrected chi connectivity index (χ2v) is 7.17. The van der Waals surface area contributed by atoms with Crippen molar-refractivity contribution in [3.63, 3.8) is 0 Å². The average molecular weight is 442 g/mol. The molecule has 0 aliphatic heterocycles. The average Bonchev–Trinajstić information content (AvgIpc) is 2.93. The first-order valence-electron chi connectivity index (χ1n) is 7.20. The Morgan fingerprint density at radius 1 is 1.31 bits per heavy atom. The van der Waals surface area contributed by atoms with Crippen molar-refractivity contribution in [3.05, 3.63) is 58.0 Å². The van der Waals surface area contributed by atoms with Crippen molar-refractivity contribution in [2.24, 2.45) is 5.73 Å². The van der Waals surface area contributed by atoms with Gasteiger partial charge in [0.05, 0.1) is 16.9 Å². The molecule has 1 amide bonds. The lowest BCUT2D eigenvalue weighted by Crippen LogP contribution is -2.11. The summed E-state index contributed by atoms with van der Waals surface area (Å²) >= 11 is 4.09. The number of aromatic nitrogens is 1. The van der Waals surface area contributed by atoms with Crippen molar-refractivity contribution in [2.75, 3.05) is 5.32 Å². The normalized spacial score (nSPS) is 11.5. The second kappa shape index (κ2) is 6.73. The molecule has 0 unspecified atom stereocenters. The van der Waals surface area contributed by atoms with Crippen molar-refractivity contribution >= 4 is 49.1 Å². The fraction of sp³-hybridized carbons (Fsp3) is 0.0588. The van der Waals surface area contributed by atoms with E-state index in [9.17, 15) is 18.0 Å². The second-order valence-electron chi connectivity index (χ2n) is 5.26. The molecule has 0 saturated heterocycles. The number of rotatable bonds is 4. The van der Waals surface area contributed by atoms with E-state index in [0.717, 1.165) is 21.9 Å². The van der Waals surface area contributed by atoms with Gasteiger partial charge in [-0.05, 0) is 24.4 Å². The lowest BCUT2D eigenvalue weighted by atomic mass is 10.1. The van der Waals surface area contributed by atoms with E-state index < -0.39 is 17.6 Å². The SMILES string of the molecule is C=CNc1c(C(N)=O)sc2nc(-c3ccc(Br)cc3)cc(C(F)(F)F)c12. The molecule has 2 aromatic heterocycles. The number of alkyl halides is 3. The van der Waals surface area contributed by atoms with Crippen LogP contribution in [0.15, 0.2) is 47.6 Å². The molecule has 0 aliphatic carbocycles. The van der Waals surface area contributed by atoms with Gasteiger partial charge in [0.1, 0.15) is 9.71 Å². The van der Waals surface area contributed by atoms with Crippen LogP contribution in [0.3, 0.4) is 0 Å². The predicted octanol–water partition coefficient (Wildman–Crippen LogP) is 5.40. The molecule has 3 aromatic rings. The Morgan fingerprint density at radius 2 is 1.96 bits per heavy atom. The number of amides is 1. The minimum absolute atomic E-state index is 0.0327. The van der Waals surface area contributed by atoms with Gasteiger partial charge in [-0.1, -0.05) is 34.6 Å². The highest BCUT2D eigenvalue weighted by Crippen LogP contribution is 2.44. The van der Waals surface area contributed by atoms with Crippen LogP contribution < -0.4 is 11.1 Å². The van der Waals surface area contributed by atoms with Gasteiger partial charge in [0.25, 0.3) is 5.91 Å². The number of hydrogen-bond donors (Lipinski definition) is 2. The van der Waals surface area contributed by atoms with Crippen LogP contribution in [0.25, 0.3) is 21.5 Å². The molecular formula is C17H11BrF3N3OS. The maximum atomic E-state index is 13.7. The number of primary amides is 1. The van der Waals surface area contributed by atoms with Crippen molar-refractivity contribution in [1.82, 2.24) is 4.98 Å². The Kier molecular flexibility index (Phi) is 4.76. The van der Waals surface area contributed by atoms with Gasteiger partial charge in [-0.15, -0.1) is 11.3 Å². The standard InChI is InChI=1S/C17H11BrF3N3OS/c1-2-23-13-12-10(17(19,20)21)7-11(8-3-5-9(18)6-4-8)24-16(12)26-14(13)15(22)25/h2-7,23H,1H2,(H2,22,25). The predicted molar refractivity (Wildman–Crippen MR) is 100 cm³/mol. The highest BCUT2D eigenvalue weighted by Gasteiger charge is 2.36. The van der Waals surface area contributed by atoms with Gasteiger partial charge in [-0.3, -0.25) is 4.79 Å². The van der Waals surface area contributed by atoms with E-state index in [1.54, 1.807) is 24.3 Å². The molecule has 3 N–H and O–H groups in total. The van der Waals surface area contributed by atoms with Gasteiger partial charge in [-0.2, -0.15) is 13.2 Å². The molecule has 0 saturated carbocycles. The summed E-state index contributed by atoms with van der Waals surface area (Å²) in [5, 5.41) is 2.39. The Morgan fingerprint density at radius 3 is 2.50 bits per heavy atom. The maximum absolute atomic E-state index is 13.7. The highest BCUT2D eigenvalue weighted by atomic mass is 79.9. The number of carbonyl (C=O) groups is 1. The maximum Gasteiger partial charge on any atom is 0.417 e. The summed E-state index contributed by atoms with van der Waals surface area (Å²) in [6.45, 7) is 3.44. The number of nitrogens with zero attached hydrogens (tertiary/aromatic N) is 1. The van der Waals surface area contributed by atoms with Gasteiger partial charge >= 0.3 is 6.18 Å². The van der Waals surface area contributed by atoms with Crippen LogP contribution in [0.2, 0.25) is 0 Å². The van der Waals surface area contributed by atoms with Gasteiger partial charge in [0.15, 0.2) is 0 Å². The molecule has 3 rings (SSSR count). The van der Waals surface area contributed by atoms with Gasteiger partial charge in [0, 0.05) is 15.4 Å². The summed E-state index contributed by atoms with van der Waals surface area (Å²) in [6.07, 6.45) is -3.45. The number of anilines is 1. The molecule has 0 spiro atoms. The summed E-state index contributed by atoms with van der Waals surface area (Å²) in [6, 6.07) is 7.70. The van der Waals surface area contributed by atoms with Crippen molar-refractivity contribution < 1.29 is 18.0 Å². The van der Waals surface area contributed by atoms with Gasteiger partial charge < -0.3 is 11.1 Å². The monoisotopic (exact) mass is 441 g/mol. The lowest BCUT2D eigenvalue weighted by molar-refractivity contribution is -0.136. The number of thiophene rings is 1. The molecule has 0 bridgehead atoms. The van der Waals surface area contributed by atoms with Gasteiger partial charge in [0.2, 0.25) is 0 Å². The third kappa shape index (κ3) is 3.32. The largest absolute Gasteiger partial charge is 0.417 e. The van der Waals surface area contributed by atoms with Crippen molar-refractivity contribution in [2.45, 2.75) is 6.18 Å². The summed E-state index contributed by atoms with van der Waals surface area (Å²) in [4.78, 5) is 16.0. The number of carbonyl (C=O) groups excluding carboxylic acids is 1. The van der Waals surface area contributed by atoms with Crippen LogP contribution >= 0.6 is 27.3 Å². The zero-order chi connectivity index (χ0) is 19.1. The fourth-order valence-electron chi connectivity index (χ4n) is 2.50. The number of halogens is 4. The Hall–Kier alpha value is -2.39. The zero-order valence-electron chi connectivity index (χ0n) is 13.0. The number of nitrogens with one attached hydrogen (secondary N) is 1. The summed E-state index contributed by atoms with van der Waals surface area (Å²) < 4.78 is 41.9. The molecule has 134 valence electrons. The molecule has 1 aromatic carbocycles. The van der Waals surface area contributed by atoms with Crippen LogP contribution in [0, 0.1) is 0 Å². The Balaban J connectivity index is 2.37. The fourth-order valence-corrected chi connectivity index (χ4v) is 3.78. The summed E-state index contributed by atoms with van der Waals surface area (Å²) in [5.41, 5.74) is 5.06. The number of hydrogen-bond acceptors (Lipinski definition) is 4. The zero-order valence-corrected chi connectivity index (χ0v) is 15.4. The van der Waals surface area contributed by atoms with E-state index in [1.807, 2.05) is 0 Å². The first-order chi connectivity index (χ1) is 12.2. The number of pyridine rings is 1. The van der Waals surface area contributed by atoms with Gasteiger partial charge in [-0.25, -0.2) is 4.98 Å². The minimum atomic E-state index is -4.64. The van der Waals surface area contributed by atoms with E-state index in [4.69, 9.17) is 5.73 Å². The quantitative estimate of drug-likeness (QED) is 0.569. The number of nitrogens with two attached hydrogens (primary N) is 1. The van der Waals surface area contributed by atoms with E-state index in [2.05, 4.69) is 32.8 Å². The third-order valence-corrected chi connectivity index (χ3v) is 5.20. The van der Waals surface area contributed by atoms with E-state index in [0.29, 0.717) is 5.56 Å². The van der Waals surface area contributed by atoms with Crippen molar-refractivity contribution in [1.29, 1.82) is 0 Å². The Labute approximate surface area is 158 Å². The molecule has 0 aliphatic rings. The Bertz CT molecular complexity index is 1010. The number of benzene rings is 1. The topological polar surface area (TPSA) is 68.0 Å². The smallest absolute Gasteiger partial charge is 0.365 e. The van der Waals surface area contributed by atoms with Crippen LogP contribution in [0.4, 0.5) is 18.9 Å². The van der Waals surface area contributed by atoms with E-state index >= 15 is 0 Å². The molecule has 4 nitrogen and oxygen atoms in total. The molecular weight excluding hydrogens is 431 g/mol. The molecule has 26 heavy (non-hydrogen) atoms. The number of fused-ring (bicyclic) bond motifs is 1. The third-order valence-electron chi connectivity index (χ3n) is 3.58. The van der Waals surface area contributed by atoms with E-state index in [-0.39, 0.29) is 26.5 Å². The molecule has 2 heterocycles. The summed E-state index contributed by atoms with van der Waals surface area (Å²) in [7, 11) is 0. The van der Waals surface area contributed by atoms with E-state index in [1.165, 1.54) is 6.20 Å². The highest BCUT2D eigenvalue weighted by molar-refractivity contribution is 9.10. The van der Waals surface area contributed by atoms with Crippen LogP contribution in [0.5, 0.6) is 0 Å². The lowest BCUT2D eigenvalue weighted by Gasteiger charge is -2.12. The van der Waals surface area contributed by atoms with Crippen LogP contribution in [-0.2, 0) is 6.18 Å². The van der Waals surface area contributed by atoms with Crippen molar-refractivity contribution in [3.8, 4) is 11.3 Å². The van der Waals surface area contributed by atoms with Crippen LogP contribution in [-0.4, -0.2) is 10.9 Å². The minimum Gasteiger partial charge on any atom is -0.365 e. The first-order valence-corrected chi connectivity index (χ1v) is 8.81. The van der Waals surface area contributed by atoms with Crippen LogP contribution in [0.1, 0.15) is 15.2 Å². The molecule has 0 atom stereocenters.